The summed E-state index contributed by atoms with van der Waals surface area (Å²) < 4.78 is 39.9. The van der Waals surface area contributed by atoms with E-state index in [2.05, 4.69) is 6.58 Å². The summed E-state index contributed by atoms with van der Waals surface area (Å²) in [5.74, 6) is -1.19. The third-order valence-corrected chi connectivity index (χ3v) is 4.87. The van der Waals surface area contributed by atoms with Crippen molar-refractivity contribution in [1.29, 1.82) is 0 Å². The van der Waals surface area contributed by atoms with Crippen molar-refractivity contribution in [3.05, 3.63) is 46.8 Å². The number of halogens is 1. The van der Waals surface area contributed by atoms with Crippen LogP contribution in [-0.2, 0) is 10.0 Å². The molecule has 116 valence electrons. The number of nitro groups is 1. The predicted molar refractivity (Wildman–Crippen MR) is 76.9 cm³/mol. The molecule has 1 rings (SSSR count). The summed E-state index contributed by atoms with van der Waals surface area (Å²) in [7, 11) is -3.99. The molecule has 0 saturated carbocycles. The standard InChI is InChI=1S/C13H17FN2O4S/c1-5-8-15(13(2,3)4)21(19,20)10-6-7-12(16(17)18)11(14)9-10/h5-7,9H,1,8H2,2-4H3. The summed E-state index contributed by atoms with van der Waals surface area (Å²) >= 11 is 0. The lowest BCUT2D eigenvalue weighted by molar-refractivity contribution is -0.387. The predicted octanol–water partition coefficient (Wildman–Crippen LogP) is 2.71. The van der Waals surface area contributed by atoms with Gasteiger partial charge in [0.05, 0.1) is 9.82 Å². The third-order valence-electron chi connectivity index (χ3n) is 2.75. The van der Waals surface area contributed by atoms with E-state index in [0.717, 1.165) is 16.4 Å². The second kappa shape index (κ2) is 5.90. The van der Waals surface area contributed by atoms with Gasteiger partial charge in [0.2, 0.25) is 15.8 Å². The van der Waals surface area contributed by atoms with Crippen molar-refractivity contribution in [2.24, 2.45) is 0 Å². The van der Waals surface area contributed by atoms with Crippen LogP contribution < -0.4 is 0 Å². The Hall–Kier alpha value is -1.80. The van der Waals surface area contributed by atoms with Crippen LogP contribution in [0.5, 0.6) is 0 Å². The first kappa shape index (κ1) is 17.3. The first-order valence-electron chi connectivity index (χ1n) is 6.09. The number of hydrogen-bond acceptors (Lipinski definition) is 4. The molecule has 6 nitrogen and oxygen atoms in total. The van der Waals surface area contributed by atoms with Gasteiger partial charge in [-0.15, -0.1) is 6.58 Å². The van der Waals surface area contributed by atoms with Gasteiger partial charge in [0, 0.05) is 24.2 Å². The molecular weight excluding hydrogens is 299 g/mol. The maximum absolute atomic E-state index is 13.6. The van der Waals surface area contributed by atoms with E-state index in [0.29, 0.717) is 6.07 Å². The van der Waals surface area contributed by atoms with Crippen molar-refractivity contribution in [3.8, 4) is 0 Å². The van der Waals surface area contributed by atoms with Gasteiger partial charge in [-0.25, -0.2) is 8.42 Å². The fraction of sp³-hybridized carbons (Fsp3) is 0.385. The number of rotatable bonds is 5. The number of sulfonamides is 1. The molecule has 0 N–H and O–H groups in total. The molecule has 0 aliphatic carbocycles. The number of hydrogen-bond donors (Lipinski definition) is 0. The van der Waals surface area contributed by atoms with Crippen LogP contribution in [0.25, 0.3) is 0 Å². The molecule has 0 saturated heterocycles. The summed E-state index contributed by atoms with van der Waals surface area (Å²) in [6.45, 7) is 8.62. The number of nitro benzene ring substituents is 1. The summed E-state index contributed by atoms with van der Waals surface area (Å²) in [6.07, 6.45) is 1.42. The van der Waals surface area contributed by atoms with Gasteiger partial charge in [-0.05, 0) is 26.8 Å². The minimum atomic E-state index is -3.99. The maximum Gasteiger partial charge on any atom is 0.304 e. The minimum Gasteiger partial charge on any atom is -0.258 e. The van der Waals surface area contributed by atoms with Gasteiger partial charge in [-0.1, -0.05) is 6.08 Å². The molecule has 0 aliphatic rings. The Morgan fingerprint density at radius 2 is 2.00 bits per heavy atom. The molecule has 0 heterocycles. The van der Waals surface area contributed by atoms with Crippen LogP contribution in [0.15, 0.2) is 35.7 Å². The molecule has 0 atom stereocenters. The van der Waals surface area contributed by atoms with Gasteiger partial charge in [0.15, 0.2) is 0 Å². The fourth-order valence-electron chi connectivity index (χ4n) is 1.77. The molecule has 0 spiro atoms. The van der Waals surface area contributed by atoms with Crippen molar-refractivity contribution in [1.82, 2.24) is 4.31 Å². The summed E-state index contributed by atoms with van der Waals surface area (Å²) in [6, 6.07) is 2.53. The molecule has 0 radical (unpaired) electrons. The summed E-state index contributed by atoms with van der Waals surface area (Å²) in [5, 5.41) is 10.6. The van der Waals surface area contributed by atoms with Crippen LogP contribution in [-0.4, -0.2) is 29.7 Å². The Balaban J connectivity index is 3.39. The lowest BCUT2D eigenvalue weighted by Gasteiger charge is -2.33. The normalized spacial score (nSPS) is 12.4. The van der Waals surface area contributed by atoms with Crippen molar-refractivity contribution in [2.75, 3.05) is 6.54 Å². The SMILES string of the molecule is C=CCN(C(C)(C)C)S(=O)(=O)c1ccc([N+](=O)[O-])c(F)c1. The van der Waals surface area contributed by atoms with Crippen LogP contribution in [0.2, 0.25) is 0 Å². The first-order chi connectivity index (χ1) is 9.51. The average molecular weight is 316 g/mol. The highest BCUT2D eigenvalue weighted by Gasteiger charge is 2.34. The van der Waals surface area contributed by atoms with Crippen molar-refractivity contribution >= 4 is 15.7 Å². The third kappa shape index (κ3) is 3.64. The quantitative estimate of drug-likeness (QED) is 0.475. The van der Waals surface area contributed by atoms with Gasteiger partial charge >= 0.3 is 5.69 Å². The van der Waals surface area contributed by atoms with Gasteiger partial charge in [-0.2, -0.15) is 8.70 Å². The Labute approximate surface area is 123 Å². The molecule has 1 aromatic carbocycles. The van der Waals surface area contributed by atoms with Crippen LogP contribution >= 0.6 is 0 Å². The fourth-order valence-corrected chi connectivity index (χ4v) is 3.54. The van der Waals surface area contributed by atoms with Gasteiger partial charge in [-0.3, -0.25) is 10.1 Å². The van der Waals surface area contributed by atoms with E-state index >= 15 is 0 Å². The van der Waals surface area contributed by atoms with Crippen molar-refractivity contribution in [3.63, 3.8) is 0 Å². The van der Waals surface area contributed by atoms with Gasteiger partial charge in [0.25, 0.3) is 0 Å². The Morgan fingerprint density at radius 1 is 1.43 bits per heavy atom. The van der Waals surface area contributed by atoms with E-state index in [-0.39, 0.29) is 11.4 Å². The number of benzene rings is 1. The monoisotopic (exact) mass is 316 g/mol. The molecule has 0 bridgehead atoms. The highest BCUT2D eigenvalue weighted by atomic mass is 32.2. The van der Waals surface area contributed by atoms with Crippen LogP contribution in [0.1, 0.15) is 20.8 Å². The number of nitrogens with zero attached hydrogens (tertiary/aromatic N) is 2. The minimum absolute atomic E-state index is 0.0461. The second-order valence-electron chi connectivity index (χ2n) is 5.37. The zero-order valence-corrected chi connectivity index (χ0v) is 12.9. The summed E-state index contributed by atoms with van der Waals surface area (Å²) in [4.78, 5) is 9.33. The van der Waals surface area contributed by atoms with E-state index < -0.39 is 32.0 Å². The van der Waals surface area contributed by atoms with E-state index in [1.165, 1.54) is 6.08 Å². The largest absolute Gasteiger partial charge is 0.304 e. The Kier molecular flexibility index (Phi) is 4.85. The second-order valence-corrected chi connectivity index (χ2v) is 7.23. The smallest absolute Gasteiger partial charge is 0.258 e. The molecular formula is C13H17FN2O4S. The molecule has 0 unspecified atom stereocenters. The van der Waals surface area contributed by atoms with E-state index in [1.54, 1.807) is 20.8 Å². The lowest BCUT2D eigenvalue weighted by atomic mass is 10.1. The zero-order chi connectivity index (χ0) is 16.4. The molecule has 1 aromatic rings. The Bertz CT molecular complexity index is 665. The van der Waals surface area contributed by atoms with Gasteiger partial charge < -0.3 is 0 Å². The van der Waals surface area contributed by atoms with E-state index in [9.17, 15) is 22.9 Å². The molecule has 0 aromatic heterocycles. The highest BCUT2D eigenvalue weighted by Crippen LogP contribution is 2.27. The average Bonchev–Trinajstić information content (AvgIpc) is 2.33. The molecule has 0 amide bonds. The summed E-state index contributed by atoms with van der Waals surface area (Å²) in [5.41, 5.74) is -1.51. The van der Waals surface area contributed by atoms with Crippen LogP contribution in [0.4, 0.5) is 10.1 Å². The highest BCUT2D eigenvalue weighted by molar-refractivity contribution is 7.89. The first-order valence-corrected chi connectivity index (χ1v) is 7.53. The zero-order valence-electron chi connectivity index (χ0n) is 12.0. The topological polar surface area (TPSA) is 80.5 Å². The molecule has 21 heavy (non-hydrogen) atoms. The van der Waals surface area contributed by atoms with E-state index in [4.69, 9.17) is 0 Å². The van der Waals surface area contributed by atoms with Crippen LogP contribution in [0.3, 0.4) is 0 Å². The Morgan fingerprint density at radius 3 is 2.38 bits per heavy atom. The van der Waals surface area contributed by atoms with Gasteiger partial charge in [0.1, 0.15) is 0 Å². The van der Waals surface area contributed by atoms with Crippen LogP contribution in [0, 0.1) is 15.9 Å². The molecule has 0 aliphatic heterocycles. The lowest BCUT2D eigenvalue weighted by Crippen LogP contribution is -2.45. The maximum atomic E-state index is 13.6. The van der Waals surface area contributed by atoms with E-state index in [1.807, 2.05) is 0 Å². The van der Waals surface area contributed by atoms with Crippen molar-refractivity contribution < 1.29 is 17.7 Å². The molecule has 0 fully saturated rings. The van der Waals surface area contributed by atoms with Crippen molar-refractivity contribution in [2.45, 2.75) is 31.2 Å². The molecule has 8 heteroatoms.